The standard InChI is InChI=1S/C19H17Cl2N3O2/c1-26-10-9-22-19(25)13(11-12-14(20)5-4-6-15(12)21)18-23-16-7-2-3-8-17(16)24-18/h2-8,11H,9-10H2,1H3,(H,22,25)(H,23,24). The molecule has 1 aromatic heterocycles. The molecule has 26 heavy (non-hydrogen) atoms. The van der Waals surface area contributed by atoms with Gasteiger partial charge in [0, 0.05) is 29.3 Å². The molecule has 3 rings (SSSR count). The highest BCUT2D eigenvalue weighted by Crippen LogP contribution is 2.29. The van der Waals surface area contributed by atoms with Crippen LogP contribution in [-0.2, 0) is 9.53 Å². The molecule has 0 radical (unpaired) electrons. The van der Waals surface area contributed by atoms with Crippen molar-refractivity contribution in [3.63, 3.8) is 0 Å². The van der Waals surface area contributed by atoms with Crippen LogP contribution >= 0.6 is 23.2 Å². The largest absolute Gasteiger partial charge is 0.383 e. The lowest BCUT2D eigenvalue weighted by Gasteiger charge is -2.08. The molecule has 0 saturated carbocycles. The maximum Gasteiger partial charge on any atom is 0.255 e. The first kappa shape index (κ1) is 18.5. The normalized spacial score (nSPS) is 11.7. The Kier molecular flexibility index (Phi) is 5.93. The Morgan fingerprint density at radius 2 is 1.92 bits per heavy atom. The number of H-pyrrole nitrogens is 1. The third-order valence-corrected chi connectivity index (χ3v) is 4.43. The highest BCUT2D eigenvalue weighted by Gasteiger charge is 2.17. The quantitative estimate of drug-likeness (QED) is 0.490. The minimum absolute atomic E-state index is 0.294. The number of carbonyl (C=O) groups excluding carboxylic acids is 1. The molecule has 0 spiro atoms. The predicted molar refractivity (Wildman–Crippen MR) is 105 cm³/mol. The van der Waals surface area contributed by atoms with E-state index >= 15 is 0 Å². The molecule has 0 saturated heterocycles. The van der Waals surface area contributed by atoms with Crippen LogP contribution in [0.4, 0.5) is 0 Å². The fourth-order valence-corrected chi connectivity index (χ4v) is 2.98. The van der Waals surface area contributed by atoms with Crippen LogP contribution in [0.25, 0.3) is 22.7 Å². The Labute approximate surface area is 161 Å². The number of nitrogens with one attached hydrogen (secondary N) is 2. The molecule has 0 aliphatic carbocycles. The van der Waals surface area contributed by atoms with E-state index < -0.39 is 0 Å². The number of nitrogens with zero attached hydrogens (tertiary/aromatic N) is 1. The molecule has 0 aliphatic rings. The average molecular weight is 390 g/mol. The van der Waals surface area contributed by atoms with Gasteiger partial charge in [-0.15, -0.1) is 0 Å². The maximum atomic E-state index is 12.7. The zero-order valence-electron chi connectivity index (χ0n) is 14.1. The monoisotopic (exact) mass is 389 g/mol. The molecule has 1 amide bonds. The minimum atomic E-state index is -0.294. The number of methoxy groups -OCH3 is 1. The zero-order valence-corrected chi connectivity index (χ0v) is 15.6. The summed E-state index contributed by atoms with van der Waals surface area (Å²) in [4.78, 5) is 20.4. The second-order valence-corrected chi connectivity index (χ2v) is 6.36. The summed E-state index contributed by atoms with van der Waals surface area (Å²) in [5, 5.41) is 3.72. The number of rotatable bonds is 6. The van der Waals surface area contributed by atoms with Gasteiger partial charge < -0.3 is 15.0 Å². The molecule has 0 unspecified atom stereocenters. The number of amides is 1. The summed E-state index contributed by atoms with van der Waals surface area (Å²) in [5.74, 6) is 0.147. The summed E-state index contributed by atoms with van der Waals surface area (Å²) in [6.07, 6.45) is 1.64. The number of para-hydroxylation sites is 2. The molecule has 2 N–H and O–H groups in total. The predicted octanol–water partition coefficient (Wildman–Crippen LogP) is 4.17. The number of benzene rings is 2. The molecular formula is C19H17Cl2N3O2. The van der Waals surface area contributed by atoms with Gasteiger partial charge >= 0.3 is 0 Å². The summed E-state index contributed by atoms with van der Waals surface area (Å²) in [7, 11) is 1.58. The number of hydrogen-bond acceptors (Lipinski definition) is 3. The fraction of sp³-hybridized carbons (Fsp3) is 0.158. The van der Waals surface area contributed by atoms with Crippen molar-refractivity contribution in [1.82, 2.24) is 15.3 Å². The average Bonchev–Trinajstić information content (AvgIpc) is 3.05. The van der Waals surface area contributed by atoms with Crippen LogP contribution in [0.15, 0.2) is 42.5 Å². The smallest absolute Gasteiger partial charge is 0.255 e. The number of aromatic nitrogens is 2. The van der Waals surface area contributed by atoms with Gasteiger partial charge in [-0.2, -0.15) is 0 Å². The van der Waals surface area contributed by atoms with Crippen molar-refractivity contribution in [3.05, 3.63) is 63.9 Å². The summed E-state index contributed by atoms with van der Waals surface area (Å²) in [6, 6.07) is 12.8. The number of imidazole rings is 1. The fourth-order valence-electron chi connectivity index (χ4n) is 2.48. The van der Waals surface area contributed by atoms with E-state index in [-0.39, 0.29) is 5.91 Å². The molecule has 1 heterocycles. The molecule has 134 valence electrons. The molecule has 0 fully saturated rings. The lowest BCUT2D eigenvalue weighted by molar-refractivity contribution is -0.115. The zero-order chi connectivity index (χ0) is 18.5. The van der Waals surface area contributed by atoms with Crippen LogP contribution in [0.2, 0.25) is 10.0 Å². The van der Waals surface area contributed by atoms with Gasteiger partial charge in [0.25, 0.3) is 5.91 Å². The van der Waals surface area contributed by atoms with Crippen LogP contribution in [0, 0.1) is 0 Å². The lowest BCUT2D eigenvalue weighted by Crippen LogP contribution is -2.28. The molecular weight excluding hydrogens is 373 g/mol. The first-order valence-electron chi connectivity index (χ1n) is 7.98. The third-order valence-electron chi connectivity index (χ3n) is 3.77. The van der Waals surface area contributed by atoms with Gasteiger partial charge in [0.05, 0.1) is 23.2 Å². The van der Waals surface area contributed by atoms with E-state index in [9.17, 15) is 4.79 Å². The van der Waals surface area contributed by atoms with Crippen LogP contribution in [0.1, 0.15) is 11.4 Å². The lowest BCUT2D eigenvalue weighted by atomic mass is 10.1. The van der Waals surface area contributed by atoms with Gasteiger partial charge in [-0.3, -0.25) is 4.79 Å². The van der Waals surface area contributed by atoms with E-state index in [1.54, 1.807) is 31.4 Å². The van der Waals surface area contributed by atoms with Crippen LogP contribution in [0.5, 0.6) is 0 Å². The number of carbonyl (C=O) groups is 1. The van der Waals surface area contributed by atoms with Crippen LogP contribution in [-0.4, -0.2) is 36.1 Å². The Hall–Kier alpha value is -2.34. The van der Waals surface area contributed by atoms with E-state index in [4.69, 9.17) is 27.9 Å². The van der Waals surface area contributed by atoms with Crippen molar-refractivity contribution in [3.8, 4) is 0 Å². The van der Waals surface area contributed by atoms with Crippen LogP contribution in [0.3, 0.4) is 0 Å². The Balaban J connectivity index is 2.06. The first-order chi connectivity index (χ1) is 12.6. The van der Waals surface area contributed by atoms with Crippen molar-refractivity contribution < 1.29 is 9.53 Å². The second-order valence-electron chi connectivity index (χ2n) is 5.54. The Morgan fingerprint density at radius 3 is 2.62 bits per heavy atom. The van der Waals surface area contributed by atoms with E-state index in [0.29, 0.717) is 40.2 Å². The summed E-state index contributed by atoms with van der Waals surface area (Å²) in [6.45, 7) is 0.787. The number of fused-ring (bicyclic) bond motifs is 1. The van der Waals surface area contributed by atoms with E-state index in [2.05, 4.69) is 15.3 Å². The molecule has 3 aromatic rings. The first-order valence-corrected chi connectivity index (χ1v) is 8.73. The van der Waals surface area contributed by atoms with Gasteiger partial charge in [0.2, 0.25) is 0 Å². The second kappa shape index (κ2) is 8.36. The molecule has 2 aromatic carbocycles. The highest BCUT2D eigenvalue weighted by molar-refractivity contribution is 6.38. The van der Waals surface area contributed by atoms with Gasteiger partial charge in [0.1, 0.15) is 5.82 Å². The SMILES string of the molecule is COCCNC(=O)C(=Cc1c(Cl)cccc1Cl)c1nc2ccccc2[nH]1. The van der Waals surface area contributed by atoms with Gasteiger partial charge in [-0.1, -0.05) is 41.4 Å². The number of ether oxygens (including phenoxy) is 1. The van der Waals surface area contributed by atoms with E-state index in [1.807, 2.05) is 24.3 Å². The number of hydrogen-bond donors (Lipinski definition) is 2. The van der Waals surface area contributed by atoms with E-state index in [0.717, 1.165) is 11.0 Å². The van der Waals surface area contributed by atoms with Gasteiger partial charge in [0.15, 0.2) is 0 Å². The summed E-state index contributed by atoms with van der Waals surface area (Å²) in [5.41, 5.74) is 2.51. The maximum absolute atomic E-state index is 12.7. The topological polar surface area (TPSA) is 67.0 Å². The molecule has 0 bridgehead atoms. The summed E-state index contributed by atoms with van der Waals surface area (Å²) < 4.78 is 4.98. The van der Waals surface area contributed by atoms with Crippen molar-refractivity contribution in [2.75, 3.05) is 20.3 Å². The van der Waals surface area contributed by atoms with Gasteiger partial charge in [-0.25, -0.2) is 4.98 Å². The third kappa shape index (κ3) is 4.07. The molecule has 5 nitrogen and oxygen atoms in total. The van der Waals surface area contributed by atoms with Crippen molar-refractivity contribution in [2.24, 2.45) is 0 Å². The Bertz CT molecular complexity index is 913. The number of halogens is 2. The molecule has 0 atom stereocenters. The Morgan fingerprint density at radius 1 is 1.19 bits per heavy atom. The number of aromatic amines is 1. The highest BCUT2D eigenvalue weighted by atomic mass is 35.5. The van der Waals surface area contributed by atoms with Crippen LogP contribution < -0.4 is 5.32 Å². The minimum Gasteiger partial charge on any atom is -0.383 e. The summed E-state index contributed by atoms with van der Waals surface area (Å²) >= 11 is 12.5. The van der Waals surface area contributed by atoms with Gasteiger partial charge in [-0.05, 0) is 30.3 Å². The van der Waals surface area contributed by atoms with Crippen molar-refractivity contribution in [2.45, 2.75) is 0 Å². The molecule has 0 aliphatic heterocycles. The van der Waals surface area contributed by atoms with Crippen molar-refractivity contribution in [1.29, 1.82) is 0 Å². The van der Waals surface area contributed by atoms with E-state index in [1.165, 1.54) is 0 Å². The molecule has 7 heteroatoms. The van der Waals surface area contributed by atoms with Crippen molar-refractivity contribution >= 4 is 51.8 Å².